The number of nitrogens with one attached hydrogen (secondary N) is 1. The van der Waals surface area contributed by atoms with Gasteiger partial charge in [-0.05, 0) is 12.3 Å². The summed E-state index contributed by atoms with van der Waals surface area (Å²) < 4.78 is 1.85. The average Bonchev–Trinajstić information content (AvgIpc) is 2.27. The number of rotatable bonds is 3. The van der Waals surface area contributed by atoms with Gasteiger partial charge in [-0.15, -0.1) is 0 Å². The van der Waals surface area contributed by atoms with E-state index >= 15 is 0 Å². The first kappa shape index (κ1) is 10.1. The summed E-state index contributed by atoms with van der Waals surface area (Å²) in [6.45, 7) is 6.32. The minimum atomic E-state index is 0.0769. The molecule has 0 amide bonds. The molecule has 0 aliphatic rings. The number of aromatic amines is 1. The first-order chi connectivity index (χ1) is 6.07. The van der Waals surface area contributed by atoms with E-state index in [4.69, 9.17) is 0 Å². The van der Waals surface area contributed by atoms with E-state index in [1.54, 1.807) is 0 Å². The largest absolute Gasteiger partial charge is 0.292 e. The van der Waals surface area contributed by atoms with Crippen LogP contribution in [0, 0.1) is 0 Å². The third kappa shape index (κ3) is 1.85. The quantitative estimate of drug-likeness (QED) is 0.760. The molecular weight excluding hydrogens is 164 g/mol. The Morgan fingerprint density at radius 2 is 2.08 bits per heavy atom. The molecule has 0 radical (unpaired) electrons. The van der Waals surface area contributed by atoms with Gasteiger partial charge in [-0.1, -0.05) is 27.2 Å². The van der Waals surface area contributed by atoms with Crippen LogP contribution in [-0.4, -0.2) is 9.78 Å². The van der Waals surface area contributed by atoms with Gasteiger partial charge in [0, 0.05) is 18.3 Å². The van der Waals surface area contributed by atoms with Gasteiger partial charge in [0.25, 0.3) is 5.56 Å². The molecule has 0 atom stereocenters. The normalized spacial score (nSPS) is 11.2. The SMILES string of the molecule is CCCc1c(C(C)C)n(C)[nH]c1=O. The van der Waals surface area contributed by atoms with Crippen molar-refractivity contribution >= 4 is 0 Å². The van der Waals surface area contributed by atoms with Crippen molar-refractivity contribution in [1.29, 1.82) is 0 Å². The van der Waals surface area contributed by atoms with E-state index in [9.17, 15) is 4.79 Å². The first-order valence-electron chi connectivity index (χ1n) is 4.85. The fourth-order valence-corrected chi connectivity index (χ4v) is 1.83. The molecule has 0 saturated heterocycles. The zero-order valence-corrected chi connectivity index (χ0v) is 8.85. The van der Waals surface area contributed by atoms with Crippen LogP contribution in [0.1, 0.15) is 44.4 Å². The predicted molar refractivity (Wildman–Crippen MR) is 54.1 cm³/mol. The van der Waals surface area contributed by atoms with Crippen LogP contribution in [0.5, 0.6) is 0 Å². The second-order valence-electron chi connectivity index (χ2n) is 3.77. The number of aromatic nitrogens is 2. The molecule has 0 bridgehead atoms. The fourth-order valence-electron chi connectivity index (χ4n) is 1.83. The molecule has 1 rings (SSSR count). The van der Waals surface area contributed by atoms with Crippen molar-refractivity contribution in [3.05, 3.63) is 21.6 Å². The van der Waals surface area contributed by atoms with Crippen molar-refractivity contribution in [2.24, 2.45) is 7.05 Å². The maximum atomic E-state index is 11.5. The minimum Gasteiger partial charge on any atom is -0.292 e. The molecule has 1 N–H and O–H groups in total. The Morgan fingerprint density at radius 3 is 2.54 bits per heavy atom. The monoisotopic (exact) mass is 182 g/mol. The first-order valence-corrected chi connectivity index (χ1v) is 4.85. The van der Waals surface area contributed by atoms with Crippen molar-refractivity contribution < 1.29 is 0 Å². The van der Waals surface area contributed by atoms with E-state index in [1.807, 2.05) is 11.7 Å². The number of hydrogen-bond donors (Lipinski definition) is 1. The summed E-state index contributed by atoms with van der Waals surface area (Å²) >= 11 is 0. The molecule has 0 unspecified atom stereocenters. The van der Waals surface area contributed by atoms with Crippen molar-refractivity contribution in [3.63, 3.8) is 0 Å². The zero-order valence-electron chi connectivity index (χ0n) is 8.85. The Balaban J connectivity index is 3.21. The van der Waals surface area contributed by atoms with Crippen LogP contribution in [0.15, 0.2) is 4.79 Å². The highest BCUT2D eigenvalue weighted by Gasteiger charge is 2.14. The lowest BCUT2D eigenvalue weighted by Gasteiger charge is -2.08. The number of nitrogens with zero attached hydrogens (tertiary/aromatic N) is 1. The van der Waals surface area contributed by atoms with Crippen LogP contribution in [0.4, 0.5) is 0 Å². The summed E-state index contributed by atoms with van der Waals surface area (Å²) in [5.74, 6) is 0.408. The Kier molecular flexibility index (Phi) is 2.96. The summed E-state index contributed by atoms with van der Waals surface area (Å²) in [5.41, 5.74) is 2.18. The smallest absolute Gasteiger partial charge is 0.267 e. The Hall–Kier alpha value is -0.990. The molecule has 0 spiro atoms. The van der Waals surface area contributed by atoms with Crippen molar-refractivity contribution in [3.8, 4) is 0 Å². The topological polar surface area (TPSA) is 37.8 Å². The van der Waals surface area contributed by atoms with Crippen LogP contribution < -0.4 is 5.56 Å². The highest BCUT2D eigenvalue weighted by molar-refractivity contribution is 5.21. The highest BCUT2D eigenvalue weighted by Crippen LogP contribution is 2.16. The number of H-pyrrole nitrogens is 1. The zero-order chi connectivity index (χ0) is 10.0. The predicted octanol–water partition coefficient (Wildman–Crippen LogP) is 1.79. The van der Waals surface area contributed by atoms with Crippen LogP contribution in [-0.2, 0) is 13.5 Å². The van der Waals surface area contributed by atoms with Gasteiger partial charge in [-0.25, -0.2) is 0 Å². The van der Waals surface area contributed by atoms with Crippen LogP contribution >= 0.6 is 0 Å². The van der Waals surface area contributed by atoms with Crippen molar-refractivity contribution in [2.75, 3.05) is 0 Å². The Bertz CT molecular complexity index is 333. The second kappa shape index (κ2) is 3.81. The molecular formula is C10H18N2O. The minimum absolute atomic E-state index is 0.0769. The van der Waals surface area contributed by atoms with E-state index < -0.39 is 0 Å². The summed E-state index contributed by atoms with van der Waals surface area (Å²) in [4.78, 5) is 11.5. The lowest BCUT2D eigenvalue weighted by atomic mass is 10.0. The summed E-state index contributed by atoms with van der Waals surface area (Å²) in [5, 5.41) is 2.80. The fraction of sp³-hybridized carbons (Fsp3) is 0.700. The molecule has 0 saturated carbocycles. The summed E-state index contributed by atoms with van der Waals surface area (Å²) in [6, 6.07) is 0. The third-order valence-electron chi connectivity index (χ3n) is 2.26. The lowest BCUT2D eigenvalue weighted by Crippen LogP contribution is -2.06. The maximum Gasteiger partial charge on any atom is 0.267 e. The molecule has 3 nitrogen and oxygen atoms in total. The van der Waals surface area contributed by atoms with Crippen LogP contribution in [0.25, 0.3) is 0 Å². The van der Waals surface area contributed by atoms with E-state index in [2.05, 4.69) is 25.9 Å². The van der Waals surface area contributed by atoms with E-state index in [0.717, 1.165) is 24.1 Å². The summed E-state index contributed by atoms with van der Waals surface area (Å²) in [6.07, 6.45) is 1.90. The van der Waals surface area contributed by atoms with Gasteiger partial charge in [0.2, 0.25) is 0 Å². The van der Waals surface area contributed by atoms with E-state index in [0.29, 0.717) is 5.92 Å². The second-order valence-corrected chi connectivity index (χ2v) is 3.77. The molecule has 0 fully saturated rings. The molecule has 1 aromatic rings. The maximum absolute atomic E-state index is 11.5. The van der Waals surface area contributed by atoms with Gasteiger partial charge in [-0.3, -0.25) is 14.6 Å². The van der Waals surface area contributed by atoms with Gasteiger partial charge in [0.1, 0.15) is 0 Å². The molecule has 0 aliphatic heterocycles. The number of aryl methyl sites for hydroxylation is 1. The van der Waals surface area contributed by atoms with E-state index in [-0.39, 0.29) is 5.56 Å². The summed E-state index contributed by atoms with van der Waals surface area (Å²) in [7, 11) is 1.90. The average molecular weight is 182 g/mol. The molecule has 0 aromatic carbocycles. The van der Waals surface area contributed by atoms with Crippen molar-refractivity contribution in [1.82, 2.24) is 9.78 Å². The Labute approximate surface area is 78.8 Å². The van der Waals surface area contributed by atoms with Crippen LogP contribution in [0.3, 0.4) is 0 Å². The number of hydrogen-bond acceptors (Lipinski definition) is 1. The van der Waals surface area contributed by atoms with Gasteiger partial charge in [0.05, 0.1) is 0 Å². The van der Waals surface area contributed by atoms with Gasteiger partial charge >= 0.3 is 0 Å². The molecule has 1 heterocycles. The highest BCUT2D eigenvalue weighted by atomic mass is 16.1. The van der Waals surface area contributed by atoms with Gasteiger partial charge < -0.3 is 0 Å². The lowest BCUT2D eigenvalue weighted by molar-refractivity contribution is 0.659. The van der Waals surface area contributed by atoms with Gasteiger partial charge in [0.15, 0.2) is 0 Å². The molecule has 1 aromatic heterocycles. The van der Waals surface area contributed by atoms with E-state index in [1.165, 1.54) is 0 Å². The molecule has 74 valence electrons. The van der Waals surface area contributed by atoms with Crippen LogP contribution in [0.2, 0.25) is 0 Å². The standard InChI is InChI=1S/C10H18N2O/c1-5-6-8-9(7(2)3)12(4)11-10(8)13/h7H,5-6H2,1-4H3,(H,11,13). The molecule has 0 aliphatic carbocycles. The third-order valence-corrected chi connectivity index (χ3v) is 2.26. The molecule has 3 heteroatoms. The van der Waals surface area contributed by atoms with Crippen molar-refractivity contribution in [2.45, 2.75) is 39.5 Å². The van der Waals surface area contributed by atoms with Gasteiger partial charge in [-0.2, -0.15) is 0 Å². The molecule has 13 heavy (non-hydrogen) atoms. The Morgan fingerprint density at radius 1 is 1.46 bits per heavy atom.